The molecule has 18 heavy (non-hydrogen) atoms. The van der Waals surface area contributed by atoms with E-state index in [1.54, 1.807) is 12.1 Å². The van der Waals surface area contributed by atoms with E-state index in [-0.39, 0.29) is 12.5 Å². The topological polar surface area (TPSA) is 92.6 Å². The first-order valence-electron chi connectivity index (χ1n) is 6.17. The van der Waals surface area contributed by atoms with Gasteiger partial charge in [-0.15, -0.1) is 0 Å². The third-order valence-electron chi connectivity index (χ3n) is 3.47. The summed E-state index contributed by atoms with van der Waals surface area (Å²) in [5.41, 5.74) is 12.9. The van der Waals surface area contributed by atoms with Crippen molar-refractivity contribution in [3.63, 3.8) is 0 Å². The fraction of sp³-hybridized carbons (Fsp3) is 0.462. The molecule has 1 aliphatic rings. The fourth-order valence-electron chi connectivity index (χ4n) is 2.48. The Labute approximate surface area is 106 Å². The lowest BCUT2D eigenvalue weighted by molar-refractivity contribution is 0.100. The predicted octanol–water partition coefficient (Wildman–Crippen LogP) is 0.576. The Balaban J connectivity index is 2.27. The monoisotopic (exact) mass is 249 g/mol. The number of carbonyl (C=O) groups is 1. The fourth-order valence-corrected chi connectivity index (χ4v) is 2.48. The van der Waals surface area contributed by atoms with Crippen LogP contribution in [0.1, 0.15) is 23.2 Å². The lowest BCUT2D eigenvalue weighted by Gasteiger charge is -2.34. The van der Waals surface area contributed by atoms with Crippen molar-refractivity contribution in [2.24, 2.45) is 11.7 Å². The van der Waals surface area contributed by atoms with Crippen LogP contribution >= 0.6 is 0 Å². The highest BCUT2D eigenvalue weighted by Gasteiger charge is 2.22. The van der Waals surface area contributed by atoms with E-state index in [1.165, 1.54) is 0 Å². The van der Waals surface area contributed by atoms with Crippen molar-refractivity contribution in [2.45, 2.75) is 12.8 Å². The number of nitrogens with zero attached hydrogens (tertiary/aromatic N) is 1. The van der Waals surface area contributed by atoms with Crippen LogP contribution in [0.15, 0.2) is 18.2 Å². The van der Waals surface area contributed by atoms with E-state index in [0.717, 1.165) is 31.6 Å². The van der Waals surface area contributed by atoms with Gasteiger partial charge in [-0.3, -0.25) is 4.79 Å². The number of hydrogen-bond acceptors (Lipinski definition) is 4. The Kier molecular flexibility index (Phi) is 3.72. The first-order chi connectivity index (χ1) is 8.63. The zero-order valence-electron chi connectivity index (χ0n) is 10.3. The molecule has 1 aromatic carbocycles. The highest BCUT2D eigenvalue weighted by Crippen LogP contribution is 2.30. The van der Waals surface area contributed by atoms with Crippen molar-refractivity contribution < 1.29 is 9.90 Å². The molecule has 2 rings (SSSR count). The first-order valence-corrected chi connectivity index (χ1v) is 6.17. The number of nitrogen functional groups attached to an aromatic ring is 1. The molecule has 0 radical (unpaired) electrons. The largest absolute Gasteiger partial charge is 0.396 e. The number of piperidine rings is 1. The van der Waals surface area contributed by atoms with E-state index < -0.39 is 5.91 Å². The minimum atomic E-state index is -0.509. The van der Waals surface area contributed by atoms with Gasteiger partial charge in [0.05, 0.1) is 16.9 Å². The number of amides is 1. The van der Waals surface area contributed by atoms with Gasteiger partial charge in [0.2, 0.25) is 0 Å². The van der Waals surface area contributed by atoms with E-state index in [2.05, 4.69) is 4.90 Å². The zero-order valence-corrected chi connectivity index (χ0v) is 10.3. The van der Waals surface area contributed by atoms with Crippen LogP contribution in [0.25, 0.3) is 0 Å². The minimum Gasteiger partial charge on any atom is -0.396 e. The number of primary amides is 1. The summed E-state index contributed by atoms with van der Waals surface area (Å²) in [6.07, 6.45) is 2.05. The molecule has 1 unspecified atom stereocenters. The van der Waals surface area contributed by atoms with E-state index in [1.807, 2.05) is 6.07 Å². The SMILES string of the molecule is NC(=O)c1cccc(N2CCCC(CO)C2)c1N. The molecule has 0 spiro atoms. The van der Waals surface area contributed by atoms with Crippen LogP contribution in [0, 0.1) is 5.92 Å². The third kappa shape index (κ3) is 2.41. The van der Waals surface area contributed by atoms with Gasteiger partial charge in [0.15, 0.2) is 0 Å². The molecule has 1 saturated heterocycles. The van der Waals surface area contributed by atoms with Gasteiger partial charge in [0.25, 0.3) is 5.91 Å². The maximum absolute atomic E-state index is 11.3. The number of para-hydroxylation sites is 1. The Morgan fingerprint density at radius 1 is 1.50 bits per heavy atom. The standard InChI is InChI=1S/C13H19N3O2/c14-12-10(13(15)18)4-1-5-11(12)16-6-2-3-9(7-16)8-17/h1,4-5,9,17H,2-3,6-8,14H2,(H2,15,18). The summed E-state index contributed by atoms with van der Waals surface area (Å²) >= 11 is 0. The van der Waals surface area contributed by atoms with Crippen LogP contribution in [0.5, 0.6) is 0 Å². The molecule has 1 heterocycles. The molecule has 5 nitrogen and oxygen atoms in total. The number of hydrogen-bond donors (Lipinski definition) is 3. The van der Waals surface area contributed by atoms with Gasteiger partial charge in [-0.1, -0.05) is 6.07 Å². The summed E-state index contributed by atoms with van der Waals surface area (Å²) in [6.45, 7) is 1.84. The second-order valence-electron chi connectivity index (χ2n) is 4.74. The number of aliphatic hydroxyl groups is 1. The highest BCUT2D eigenvalue weighted by molar-refractivity contribution is 6.00. The van der Waals surface area contributed by atoms with Gasteiger partial charge < -0.3 is 21.5 Å². The quantitative estimate of drug-likeness (QED) is 0.683. The molecule has 98 valence electrons. The number of aliphatic hydroxyl groups excluding tert-OH is 1. The van der Waals surface area contributed by atoms with Gasteiger partial charge >= 0.3 is 0 Å². The molecule has 5 N–H and O–H groups in total. The Hall–Kier alpha value is -1.75. The molecule has 0 aliphatic carbocycles. The summed E-state index contributed by atoms with van der Waals surface area (Å²) in [4.78, 5) is 13.4. The van der Waals surface area contributed by atoms with Crippen LogP contribution in [-0.4, -0.2) is 30.7 Å². The van der Waals surface area contributed by atoms with Crippen LogP contribution in [-0.2, 0) is 0 Å². The van der Waals surface area contributed by atoms with Crippen LogP contribution in [0.4, 0.5) is 11.4 Å². The number of anilines is 2. The van der Waals surface area contributed by atoms with Gasteiger partial charge in [0.1, 0.15) is 0 Å². The van der Waals surface area contributed by atoms with Crippen LogP contribution < -0.4 is 16.4 Å². The van der Waals surface area contributed by atoms with Gasteiger partial charge in [-0.05, 0) is 30.9 Å². The lowest BCUT2D eigenvalue weighted by Crippen LogP contribution is -2.37. The Morgan fingerprint density at radius 2 is 2.28 bits per heavy atom. The van der Waals surface area contributed by atoms with Gasteiger partial charge in [-0.25, -0.2) is 0 Å². The third-order valence-corrected chi connectivity index (χ3v) is 3.47. The molecule has 1 fully saturated rings. The van der Waals surface area contributed by atoms with Crippen molar-refractivity contribution in [3.05, 3.63) is 23.8 Å². The number of rotatable bonds is 3. The zero-order chi connectivity index (χ0) is 13.1. The van der Waals surface area contributed by atoms with Crippen molar-refractivity contribution in [1.29, 1.82) is 0 Å². The molecule has 1 atom stereocenters. The van der Waals surface area contributed by atoms with Crippen molar-refractivity contribution in [3.8, 4) is 0 Å². The maximum Gasteiger partial charge on any atom is 0.250 e. The van der Waals surface area contributed by atoms with Crippen molar-refractivity contribution >= 4 is 17.3 Å². The second kappa shape index (κ2) is 5.27. The average Bonchev–Trinajstić information content (AvgIpc) is 2.38. The molecule has 0 saturated carbocycles. The molecule has 1 amide bonds. The molecular formula is C13H19N3O2. The Bertz CT molecular complexity index is 448. The molecule has 1 aromatic rings. The van der Waals surface area contributed by atoms with Crippen LogP contribution in [0.2, 0.25) is 0 Å². The summed E-state index contributed by atoms with van der Waals surface area (Å²) < 4.78 is 0. The molecular weight excluding hydrogens is 230 g/mol. The molecule has 0 aromatic heterocycles. The highest BCUT2D eigenvalue weighted by atomic mass is 16.3. The van der Waals surface area contributed by atoms with Crippen LogP contribution in [0.3, 0.4) is 0 Å². The first kappa shape index (κ1) is 12.7. The maximum atomic E-state index is 11.3. The molecule has 5 heteroatoms. The number of benzene rings is 1. The minimum absolute atomic E-state index is 0.186. The summed E-state index contributed by atoms with van der Waals surface area (Å²) in [6, 6.07) is 5.31. The van der Waals surface area contributed by atoms with E-state index >= 15 is 0 Å². The lowest BCUT2D eigenvalue weighted by atomic mass is 9.98. The van der Waals surface area contributed by atoms with Gasteiger partial charge in [0, 0.05) is 19.7 Å². The van der Waals surface area contributed by atoms with Crippen molar-refractivity contribution in [1.82, 2.24) is 0 Å². The van der Waals surface area contributed by atoms with Gasteiger partial charge in [-0.2, -0.15) is 0 Å². The van der Waals surface area contributed by atoms with Crippen molar-refractivity contribution in [2.75, 3.05) is 30.3 Å². The van der Waals surface area contributed by atoms with E-state index in [0.29, 0.717) is 11.3 Å². The average molecular weight is 249 g/mol. The normalized spacial score (nSPS) is 19.8. The van der Waals surface area contributed by atoms with E-state index in [4.69, 9.17) is 11.5 Å². The molecule has 0 bridgehead atoms. The Morgan fingerprint density at radius 3 is 2.94 bits per heavy atom. The number of carbonyl (C=O) groups excluding carboxylic acids is 1. The predicted molar refractivity (Wildman–Crippen MR) is 71.4 cm³/mol. The molecule has 1 aliphatic heterocycles. The summed E-state index contributed by atoms with van der Waals surface area (Å²) in [5, 5.41) is 9.24. The van der Waals surface area contributed by atoms with E-state index in [9.17, 15) is 9.90 Å². The second-order valence-corrected chi connectivity index (χ2v) is 4.74. The smallest absolute Gasteiger partial charge is 0.250 e. The number of nitrogens with two attached hydrogens (primary N) is 2. The summed E-state index contributed by atoms with van der Waals surface area (Å²) in [7, 11) is 0. The summed E-state index contributed by atoms with van der Waals surface area (Å²) in [5.74, 6) is -0.236.